The largest absolute Gasteiger partial charge is 0.493 e. The lowest BCUT2D eigenvalue weighted by molar-refractivity contribution is -0.139. The lowest BCUT2D eigenvalue weighted by Gasteiger charge is -2.10. The average molecular weight is 350 g/mol. The molecule has 0 radical (unpaired) electrons. The lowest BCUT2D eigenvalue weighted by Crippen LogP contribution is -2.40. The quantitative estimate of drug-likeness (QED) is 0.475. The zero-order valence-corrected chi connectivity index (χ0v) is 15.5. The molecule has 1 aromatic rings. The molecule has 0 aliphatic heterocycles. The van der Waals surface area contributed by atoms with Gasteiger partial charge in [-0.25, -0.2) is 0 Å². The van der Waals surface area contributed by atoms with Crippen molar-refractivity contribution in [1.82, 2.24) is 10.6 Å². The molecule has 0 spiro atoms. The van der Waals surface area contributed by atoms with Crippen molar-refractivity contribution in [2.24, 2.45) is 0 Å². The van der Waals surface area contributed by atoms with E-state index in [0.717, 1.165) is 18.4 Å². The predicted molar refractivity (Wildman–Crippen MR) is 98.0 cm³/mol. The Kier molecular flexibility index (Phi) is 10.1. The Labute approximate surface area is 150 Å². The van der Waals surface area contributed by atoms with Crippen LogP contribution in [0.15, 0.2) is 18.2 Å². The Hall–Kier alpha value is -2.24. The third-order valence-corrected chi connectivity index (χ3v) is 3.92. The first kappa shape index (κ1) is 20.8. The summed E-state index contributed by atoms with van der Waals surface area (Å²) >= 11 is 0. The molecule has 0 fully saturated rings. The van der Waals surface area contributed by atoms with Crippen molar-refractivity contribution >= 4 is 11.8 Å². The van der Waals surface area contributed by atoms with Crippen molar-refractivity contribution in [2.75, 3.05) is 27.3 Å². The molecular formula is C19H30N2O4. The number of hydrogen-bond acceptors (Lipinski definition) is 4. The maximum absolute atomic E-state index is 11.8. The van der Waals surface area contributed by atoms with Gasteiger partial charge in [0, 0.05) is 13.1 Å². The molecule has 1 rings (SSSR count). The highest BCUT2D eigenvalue weighted by Gasteiger charge is 2.12. The first-order valence-corrected chi connectivity index (χ1v) is 8.89. The fourth-order valence-electron chi connectivity index (χ4n) is 2.45. The summed E-state index contributed by atoms with van der Waals surface area (Å²) in [4.78, 5) is 23.5. The van der Waals surface area contributed by atoms with Gasteiger partial charge in [-0.3, -0.25) is 9.59 Å². The molecule has 0 aliphatic carbocycles. The van der Waals surface area contributed by atoms with Crippen LogP contribution in [0.2, 0.25) is 0 Å². The van der Waals surface area contributed by atoms with Crippen LogP contribution in [0.5, 0.6) is 11.5 Å². The van der Waals surface area contributed by atoms with E-state index in [2.05, 4.69) is 17.6 Å². The van der Waals surface area contributed by atoms with Gasteiger partial charge in [-0.1, -0.05) is 38.7 Å². The number of carbonyl (C=O) groups excluding carboxylic acids is 2. The van der Waals surface area contributed by atoms with Gasteiger partial charge in [0.1, 0.15) is 0 Å². The van der Waals surface area contributed by atoms with Crippen LogP contribution in [0.3, 0.4) is 0 Å². The normalized spacial score (nSPS) is 10.2. The Morgan fingerprint density at radius 2 is 1.52 bits per heavy atom. The molecule has 0 aromatic heterocycles. The molecule has 140 valence electrons. The highest BCUT2D eigenvalue weighted by molar-refractivity contribution is 6.35. The molecule has 6 heteroatoms. The van der Waals surface area contributed by atoms with Crippen molar-refractivity contribution in [2.45, 2.75) is 45.4 Å². The van der Waals surface area contributed by atoms with E-state index in [1.165, 1.54) is 19.3 Å². The first-order chi connectivity index (χ1) is 12.1. The van der Waals surface area contributed by atoms with Crippen molar-refractivity contribution in [1.29, 1.82) is 0 Å². The van der Waals surface area contributed by atoms with Crippen LogP contribution in [0.1, 0.15) is 44.6 Å². The van der Waals surface area contributed by atoms with Gasteiger partial charge in [-0.05, 0) is 30.5 Å². The fourth-order valence-corrected chi connectivity index (χ4v) is 2.45. The van der Waals surface area contributed by atoms with Gasteiger partial charge in [0.25, 0.3) is 0 Å². The maximum atomic E-state index is 11.8. The topological polar surface area (TPSA) is 76.7 Å². The first-order valence-electron chi connectivity index (χ1n) is 8.89. The molecule has 0 bridgehead atoms. The van der Waals surface area contributed by atoms with Crippen molar-refractivity contribution in [3.05, 3.63) is 23.8 Å². The summed E-state index contributed by atoms with van der Waals surface area (Å²) < 4.78 is 10.4. The van der Waals surface area contributed by atoms with Gasteiger partial charge in [-0.2, -0.15) is 0 Å². The molecule has 2 amide bonds. The molecule has 6 nitrogen and oxygen atoms in total. The number of ether oxygens (including phenoxy) is 2. The zero-order valence-electron chi connectivity index (χ0n) is 15.5. The molecule has 1 aromatic carbocycles. The Bertz CT molecular complexity index is 546. The summed E-state index contributed by atoms with van der Waals surface area (Å²) in [6.45, 7) is 3.10. The monoisotopic (exact) mass is 350 g/mol. The number of carbonyl (C=O) groups is 2. The molecule has 2 N–H and O–H groups in total. The zero-order chi connectivity index (χ0) is 18.5. The summed E-state index contributed by atoms with van der Waals surface area (Å²) in [7, 11) is 3.16. The third kappa shape index (κ3) is 7.92. The third-order valence-electron chi connectivity index (χ3n) is 3.92. The number of rotatable bonds is 11. The Morgan fingerprint density at radius 3 is 2.16 bits per heavy atom. The molecule has 0 unspecified atom stereocenters. The maximum Gasteiger partial charge on any atom is 0.309 e. The minimum Gasteiger partial charge on any atom is -0.493 e. The summed E-state index contributed by atoms with van der Waals surface area (Å²) in [5.74, 6) is 0.151. The number of unbranched alkanes of at least 4 members (excludes halogenated alkanes) is 4. The summed E-state index contributed by atoms with van der Waals surface area (Å²) in [6, 6.07) is 5.59. The molecule has 0 saturated carbocycles. The smallest absolute Gasteiger partial charge is 0.309 e. The average Bonchev–Trinajstić information content (AvgIpc) is 2.64. The Morgan fingerprint density at radius 1 is 0.880 bits per heavy atom. The van der Waals surface area contributed by atoms with E-state index >= 15 is 0 Å². The molecule has 0 saturated heterocycles. The number of hydrogen-bond donors (Lipinski definition) is 2. The van der Waals surface area contributed by atoms with Crippen LogP contribution in [0.4, 0.5) is 0 Å². The van der Waals surface area contributed by atoms with E-state index in [0.29, 0.717) is 31.0 Å². The van der Waals surface area contributed by atoms with Gasteiger partial charge in [0.05, 0.1) is 14.2 Å². The van der Waals surface area contributed by atoms with Crippen LogP contribution in [0.25, 0.3) is 0 Å². The van der Waals surface area contributed by atoms with E-state index in [4.69, 9.17) is 9.47 Å². The van der Waals surface area contributed by atoms with E-state index in [1.54, 1.807) is 14.2 Å². The predicted octanol–water partition coefficient (Wildman–Crippen LogP) is 2.45. The second kappa shape index (κ2) is 12.2. The van der Waals surface area contributed by atoms with Crippen LogP contribution in [-0.4, -0.2) is 39.1 Å². The minimum absolute atomic E-state index is 0.387. The SMILES string of the molecule is CCCCCCCNC(=O)C(=O)NCCc1ccc(OC)c(OC)c1. The lowest BCUT2D eigenvalue weighted by atomic mass is 10.1. The number of nitrogens with one attached hydrogen (secondary N) is 2. The number of benzene rings is 1. The van der Waals surface area contributed by atoms with Gasteiger partial charge in [-0.15, -0.1) is 0 Å². The van der Waals surface area contributed by atoms with E-state index in [1.807, 2.05) is 18.2 Å². The van der Waals surface area contributed by atoms with Crippen molar-refractivity contribution in [3.8, 4) is 11.5 Å². The summed E-state index contributed by atoms with van der Waals surface area (Å²) in [5.41, 5.74) is 0.995. The highest BCUT2D eigenvalue weighted by atomic mass is 16.5. The molecule has 0 heterocycles. The van der Waals surface area contributed by atoms with E-state index < -0.39 is 11.8 Å². The van der Waals surface area contributed by atoms with Crippen molar-refractivity contribution < 1.29 is 19.1 Å². The Balaban J connectivity index is 2.26. The van der Waals surface area contributed by atoms with Gasteiger partial charge in [0.2, 0.25) is 0 Å². The highest BCUT2D eigenvalue weighted by Crippen LogP contribution is 2.27. The van der Waals surface area contributed by atoms with Crippen LogP contribution >= 0.6 is 0 Å². The molecule has 25 heavy (non-hydrogen) atoms. The summed E-state index contributed by atoms with van der Waals surface area (Å²) in [5, 5.41) is 5.29. The number of amides is 2. The van der Waals surface area contributed by atoms with Crippen LogP contribution in [0, 0.1) is 0 Å². The van der Waals surface area contributed by atoms with Gasteiger partial charge < -0.3 is 20.1 Å². The summed E-state index contributed by atoms with van der Waals surface area (Å²) in [6.07, 6.45) is 6.17. The minimum atomic E-state index is -0.589. The van der Waals surface area contributed by atoms with Crippen molar-refractivity contribution in [3.63, 3.8) is 0 Å². The standard InChI is InChI=1S/C19H30N2O4/c1-4-5-6-7-8-12-20-18(22)19(23)21-13-11-15-9-10-16(24-2)17(14-15)25-3/h9-10,14H,4-8,11-13H2,1-3H3,(H,20,22)(H,21,23). The molecular weight excluding hydrogens is 320 g/mol. The van der Waals surface area contributed by atoms with E-state index in [9.17, 15) is 9.59 Å². The molecule has 0 aliphatic rings. The van der Waals surface area contributed by atoms with Crippen LogP contribution < -0.4 is 20.1 Å². The fraction of sp³-hybridized carbons (Fsp3) is 0.579. The van der Waals surface area contributed by atoms with Gasteiger partial charge in [0.15, 0.2) is 11.5 Å². The van der Waals surface area contributed by atoms with Gasteiger partial charge >= 0.3 is 11.8 Å². The van der Waals surface area contributed by atoms with E-state index in [-0.39, 0.29) is 0 Å². The van der Waals surface area contributed by atoms with Crippen LogP contribution in [-0.2, 0) is 16.0 Å². The second-order valence-corrected chi connectivity index (χ2v) is 5.87. The number of methoxy groups -OCH3 is 2. The molecule has 0 atom stereocenters. The second-order valence-electron chi connectivity index (χ2n) is 5.87.